The van der Waals surface area contributed by atoms with Gasteiger partial charge in [-0.05, 0) is 43.5 Å². The summed E-state index contributed by atoms with van der Waals surface area (Å²) < 4.78 is 5.09. The van der Waals surface area contributed by atoms with Gasteiger partial charge >= 0.3 is 0 Å². The van der Waals surface area contributed by atoms with Gasteiger partial charge in [0.15, 0.2) is 0 Å². The Morgan fingerprint density at radius 2 is 1.54 bits per heavy atom. The fourth-order valence-corrected chi connectivity index (χ4v) is 2.49. The average Bonchev–Trinajstić information content (AvgIpc) is 2.65. The molecule has 2 aromatic carbocycles. The maximum atomic E-state index is 9.86. The zero-order valence-electron chi connectivity index (χ0n) is 15.1. The average molecular weight is 354 g/mol. The standard InChI is InChI=1S/C21H26N2O3/c1-26-13-7-6-10-19(23-15-18-9-3-5-12-21(18)25)16-22-14-17-8-2-4-11-20(17)24/h2-5,8-9,11-12,14-15,19,24-25H,6-7,10,13,16H2,1H3. The molecule has 26 heavy (non-hydrogen) atoms. The molecule has 0 heterocycles. The van der Waals surface area contributed by atoms with Gasteiger partial charge in [-0.3, -0.25) is 9.98 Å². The molecule has 5 nitrogen and oxygen atoms in total. The topological polar surface area (TPSA) is 74.4 Å². The van der Waals surface area contributed by atoms with E-state index in [1.54, 1.807) is 43.8 Å². The third-order valence-electron chi connectivity index (χ3n) is 3.98. The monoisotopic (exact) mass is 354 g/mol. The van der Waals surface area contributed by atoms with E-state index >= 15 is 0 Å². The predicted octanol–water partition coefficient (Wildman–Crippen LogP) is 3.82. The van der Waals surface area contributed by atoms with E-state index in [9.17, 15) is 10.2 Å². The lowest BCUT2D eigenvalue weighted by Crippen LogP contribution is -2.10. The normalized spacial score (nSPS) is 12.8. The Morgan fingerprint density at radius 3 is 2.15 bits per heavy atom. The minimum atomic E-state index is 0.00793. The van der Waals surface area contributed by atoms with Gasteiger partial charge in [-0.25, -0.2) is 0 Å². The van der Waals surface area contributed by atoms with Gasteiger partial charge in [0.25, 0.3) is 0 Å². The SMILES string of the molecule is COCCCCC(CN=Cc1ccccc1O)N=Cc1ccccc1O. The zero-order valence-corrected chi connectivity index (χ0v) is 15.1. The second-order valence-corrected chi connectivity index (χ2v) is 6.03. The van der Waals surface area contributed by atoms with Gasteiger partial charge in [0.2, 0.25) is 0 Å². The molecular weight excluding hydrogens is 328 g/mol. The summed E-state index contributed by atoms with van der Waals surface area (Å²) >= 11 is 0. The molecule has 1 unspecified atom stereocenters. The number of unbranched alkanes of at least 4 members (excludes halogenated alkanes) is 1. The minimum Gasteiger partial charge on any atom is -0.507 e. The molecule has 0 aliphatic heterocycles. The van der Waals surface area contributed by atoms with E-state index in [2.05, 4.69) is 9.98 Å². The van der Waals surface area contributed by atoms with Crippen LogP contribution < -0.4 is 0 Å². The Hall–Kier alpha value is -2.66. The third kappa shape index (κ3) is 6.69. The van der Waals surface area contributed by atoms with Crippen molar-refractivity contribution in [2.45, 2.75) is 25.3 Å². The van der Waals surface area contributed by atoms with Crippen LogP contribution in [0.2, 0.25) is 0 Å². The molecule has 0 bridgehead atoms. The quantitative estimate of drug-likeness (QED) is 0.503. The van der Waals surface area contributed by atoms with Crippen molar-refractivity contribution in [2.24, 2.45) is 9.98 Å². The van der Waals surface area contributed by atoms with Crippen molar-refractivity contribution in [3.8, 4) is 11.5 Å². The Balaban J connectivity index is 2.00. The molecule has 2 aromatic rings. The van der Waals surface area contributed by atoms with Crippen LogP contribution in [0, 0.1) is 0 Å². The molecular formula is C21H26N2O3. The Kier molecular flexibility index (Phi) is 8.36. The summed E-state index contributed by atoms with van der Waals surface area (Å²) in [5, 5.41) is 19.7. The van der Waals surface area contributed by atoms with Crippen LogP contribution in [0.4, 0.5) is 0 Å². The largest absolute Gasteiger partial charge is 0.507 e. The van der Waals surface area contributed by atoms with Crippen molar-refractivity contribution in [3.05, 3.63) is 59.7 Å². The first-order chi connectivity index (χ1) is 12.7. The summed E-state index contributed by atoms with van der Waals surface area (Å²) in [5.41, 5.74) is 1.38. The van der Waals surface area contributed by atoms with E-state index in [1.165, 1.54) is 0 Å². The third-order valence-corrected chi connectivity index (χ3v) is 3.98. The van der Waals surface area contributed by atoms with Gasteiger partial charge < -0.3 is 14.9 Å². The number of methoxy groups -OCH3 is 1. The number of phenolic OH excluding ortho intramolecular Hbond substituents is 2. The number of aliphatic imine (C=N–C) groups is 2. The number of aromatic hydroxyl groups is 2. The molecule has 0 amide bonds. The number of ether oxygens (including phenoxy) is 1. The van der Waals surface area contributed by atoms with Gasteiger partial charge in [-0.15, -0.1) is 0 Å². The highest BCUT2D eigenvalue weighted by molar-refractivity contribution is 5.84. The molecule has 0 spiro atoms. The molecule has 1 atom stereocenters. The highest BCUT2D eigenvalue weighted by atomic mass is 16.5. The number of phenols is 2. The van der Waals surface area contributed by atoms with Crippen molar-refractivity contribution < 1.29 is 14.9 Å². The van der Waals surface area contributed by atoms with Gasteiger partial charge in [0, 0.05) is 37.3 Å². The van der Waals surface area contributed by atoms with Crippen molar-refractivity contribution in [2.75, 3.05) is 20.3 Å². The van der Waals surface area contributed by atoms with Gasteiger partial charge in [0.1, 0.15) is 11.5 Å². The summed E-state index contributed by atoms with van der Waals surface area (Å²) in [4.78, 5) is 9.05. The summed E-state index contributed by atoms with van der Waals surface area (Å²) in [6.45, 7) is 1.25. The molecule has 2 N–H and O–H groups in total. The van der Waals surface area contributed by atoms with E-state index in [4.69, 9.17) is 4.74 Å². The maximum Gasteiger partial charge on any atom is 0.124 e. The number of hydrogen-bond acceptors (Lipinski definition) is 5. The lowest BCUT2D eigenvalue weighted by Gasteiger charge is -2.10. The molecule has 0 aliphatic carbocycles. The number of hydrogen-bond donors (Lipinski definition) is 2. The maximum absolute atomic E-state index is 9.86. The van der Waals surface area contributed by atoms with Crippen LogP contribution in [0.25, 0.3) is 0 Å². The molecule has 5 heteroatoms. The van der Waals surface area contributed by atoms with Crippen molar-refractivity contribution in [3.63, 3.8) is 0 Å². The molecule has 0 fully saturated rings. The molecule has 0 aromatic heterocycles. The number of para-hydroxylation sites is 2. The molecule has 138 valence electrons. The molecule has 2 rings (SSSR count). The molecule has 0 saturated carbocycles. The highest BCUT2D eigenvalue weighted by Gasteiger charge is 2.06. The minimum absolute atomic E-state index is 0.00793. The fourth-order valence-electron chi connectivity index (χ4n) is 2.49. The van der Waals surface area contributed by atoms with Gasteiger partial charge in [-0.1, -0.05) is 24.3 Å². The second-order valence-electron chi connectivity index (χ2n) is 6.03. The fraction of sp³-hybridized carbons (Fsp3) is 0.333. The van der Waals surface area contributed by atoms with E-state index in [0.717, 1.165) is 25.9 Å². The first kappa shape index (κ1) is 19.7. The van der Waals surface area contributed by atoms with Crippen LogP contribution in [0.3, 0.4) is 0 Å². The molecule has 0 aliphatic rings. The van der Waals surface area contributed by atoms with Gasteiger partial charge in [0.05, 0.1) is 12.6 Å². The van der Waals surface area contributed by atoms with Crippen molar-refractivity contribution >= 4 is 12.4 Å². The van der Waals surface area contributed by atoms with Crippen LogP contribution >= 0.6 is 0 Å². The number of nitrogens with zero attached hydrogens (tertiary/aromatic N) is 2. The summed E-state index contributed by atoms with van der Waals surface area (Å²) in [6.07, 6.45) is 6.22. The first-order valence-electron chi connectivity index (χ1n) is 8.78. The Labute approximate surface area is 154 Å². The molecule has 0 saturated heterocycles. The van der Waals surface area contributed by atoms with E-state index < -0.39 is 0 Å². The van der Waals surface area contributed by atoms with E-state index in [1.807, 2.05) is 24.3 Å². The Morgan fingerprint density at radius 1 is 0.923 bits per heavy atom. The Bertz CT molecular complexity index is 729. The van der Waals surface area contributed by atoms with Crippen LogP contribution in [0.5, 0.6) is 11.5 Å². The highest BCUT2D eigenvalue weighted by Crippen LogP contribution is 2.15. The van der Waals surface area contributed by atoms with Gasteiger partial charge in [-0.2, -0.15) is 0 Å². The second kappa shape index (κ2) is 11.1. The summed E-state index contributed by atoms with van der Waals surface area (Å²) in [5.74, 6) is 0.428. The smallest absolute Gasteiger partial charge is 0.124 e. The van der Waals surface area contributed by atoms with E-state index in [-0.39, 0.29) is 17.5 Å². The lowest BCUT2D eigenvalue weighted by molar-refractivity contribution is 0.191. The van der Waals surface area contributed by atoms with E-state index in [0.29, 0.717) is 17.7 Å². The summed E-state index contributed by atoms with van der Waals surface area (Å²) in [6, 6.07) is 14.2. The van der Waals surface area contributed by atoms with Crippen LogP contribution in [-0.2, 0) is 4.74 Å². The predicted molar refractivity (Wildman–Crippen MR) is 106 cm³/mol. The van der Waals surface area contributed by atoms with Crippen molar-refractivity contribution in [1.29, 1.82) is 0 Å². The zero-order chi connectivity index (χ0) is 18.6. The van der Waals surface area contributed by atoms with Crippen LogP contribution in [0.15, 0.2) is 58.5 Å². The van der Waals surface area contributed by atoms with Crippen molar-refractivity contribution in [1.82, 2.24) is 0 Å². The first-order valence-corrected chi connectivity index (χ1v) is 8.78. The van der Waals surface area contributed by atoms with Crippen LogP contribution in [0.1, 0.15) is 30.4 Å². The lowest BCUT2D eigenvalue weighted by atomic mass is 10.1. The molecule has 0 radical (unpaired) electrons. The van der Waals surface area contributed by atoms with Crippen LogP contribution in [-0.4, -0.2) is 48.9 Å². The number of benzene rings is 2. The summed E-state index contributed by atoms with van der Waals surface area (Å²) in [7, 11) is 1.70. The number of rotatable bonds is 10.